The Morgan fingerprint density at radius 1 is 1.19 bits per heavy atom. The summed E-state index contributed by atoms with van der Waals surface area (Å²) in [6.45, 7) is 8.89. The molecule has 4 heterocycles. The normalized spacial score (nSPS) is 14.1. The Balaban J connectivity index is 1.37. The molecule has 192 valence electrons. The zero-order valence-electron chi connectivity index (χ0n) is 20.8. The van der Waals surface area contributed by atoms with Crippen molar-refractivity contribution in [3.63, 3.8) is 0 Å². The summed E-state index contributed by atoms with van der Waals surface area (Å²) in [6.07, 6.45) is 7.07. The van der Waals surface area contributed by atoms with Crippen LogP contribution in [-0.4, -0.2) is 70.2 Å². The van der Waals surface area contributed by atoms with Crippen molar-refractivity contribution in [1.29, 1.82) is 0 Å². The molecular formula is C25H32BrN7O3. The lowest BCUT2D eigenvalue weighted by Crippen LogP contribution is -2.49. The maximum absolute atomic E-state index is 12.7. The SMILES string of the molecule is CC(C)(C)OC(=O)NCCC(=O)N1CCN(c2c(Br)cnc3[nH]cc(NCc4cccnc4)c23)CC1. The van der Waals surface area contributed by atoms with Crippen LogP contribution < -0.4 is 15.5 Å². The predicted octanol–water partition coefficient (Wildman–Crippen LogP) is 3.90. The Bertz CT molecular complexity index is 1200. The number of pyridine rings is 2. The van der Waals surface area contributed by atoms with Gasteiger partial charge in [0, 0.05) is 70.5 Å². The van der Waals surface area contributed by atoms with Gasteiger partial charge in [-0.1, -0.05) is 6.07 Å². The van der Waals surface area contributed by atoms with Crippen molar-refractivity contribution in [1.82, 2.24) is 25.2 Å². The van der Waals surface area contributed by atoms with Crippen LogP contribution in [0.25, 0.3) is 11.0 Å². The minimum absolute atomic E-state index is 0.0186. The first-order valence-corrected chi connectivity index (χ1v) is 12.8. The number of ether oxygens (including phenoxy) is 1. The molecule has 3 aromatic heterocycles. The summed E-state index contributed by atoms with van der Waals surface area (Å²) in [5.74, 6) is 0.0186. The Hall–Kier alpha value is -3.34. The van der Waals surface area contributed by atoms with Crippen LogP contribution in [0, 0.1) is 0 Å². The van der Waals surface area contributed by atoms with Crippen LogP contribution in [0.2, 0.25) is 0 Å². The van der Waals surface area contributed by atoms with Gasteiger partial charge in [-0.2, -0.15) is 0 Å². The quantitative estimate of drug-likeness (QED) is 0.403. The van der Waals surface area contributed by atoms with Crippen molar-refractivity contribution in [3.05, 3.63) is 47.0 Å². The Morgan fingerprint density at radius 3 is 2.67 bits per heavy atom. The lowest BCUT2D eigenvalue weighted by atomic mass is 10.2. The Morgan fingerprint density at radius 2 is 1.97 bits per heavy atom. The number of fused-ring (bicyclic) bond motifs is 1. The van der Waals surface area contributed by atoms with Crippen LogP contribution in [0.15, 0.2) is 41.4 Å². The van der Waals surface area contributed by atoms with E-state index in [4.69, 9.17) is 4.74 Å². The van der Waals surface area contributed by atoms with Gasteiger partial charge in [-0.3, -0.25) is 9.78 Å². The van der Waals surface area contributed by atoms with Crippen molar-refractivity contribution in [2.24, 2.45) is 0 Å². The molecule has 4 rings (SSSR count). The summed E-state index contributed by atoms with van der Waals surface area (Å²) < 4.78 is 6.12. The van der Waals surface area contributed by atoms with Crippen LogP contribution in [0.4, 0.5) is 16.2 Å². The number of carbonyl (C=O) groups excluding carboxylic acids is 2. The monoisotopic (exact) mass is 557 g/mol. The fraction of sp³-hybridized carbons (Fsp3) is 0.440. The van der Waals surface area contributed by atoms with Crippen LogP contribution >= 0.6 is 15.9 Å². The van der Waals surface area contributed by atoms with Crippen molar-refractivity contribution in [3.8, 4) is 0 Å². The number of hydrogen-bond donors (Lipinski definition) is 3. The van der Waals surface area contributed by atoms with Gasteiger partial charge in [0.15, 0.2) is 0 Å². The largest absolute Gasteiger partial charge is 0.444 e. The number of carbonyl (C=O) groups is 2. The zero-order valence-corrected chi connectivity index (χ0v) is 22.4. The van der Waals surface area contributed by atoms with Gasteiger partial charge >= 0.3 is 6.09 Å². The van der Waals surface area contributed by atoms with E-state index in [-0.39, 0.29) is 18.9 Å². The van der Waals surface area contributed by atoms with E-state index >= 15 is 0 Å². The number of anilines is 2. The highest BCUT2D eigenvalue weighted by molar-refractivity contribution is 9.10. The molecule has 11 heteroatoms. The van der Waals surface area contributed by atoms with Crippen LogP contribution in [0.5, 0.6) is 0 Å². The lowest BCUT2D eigenvalue weighted by Gasteiger charge is -2.37. The highest BCUT2D eigenvalue weighted by Crippen LogP contribution is 2.38. The lowest BCUT2D eigenvalue weighted by molar-refractivity contribution is -0.131. The number of rotatable bonds is 7. The number of alkyl carbamates (subject to hydrolysis) is 1. The number of aromatic nitrogens is 3. The van der Waals surface area contributed by atoms with Gasteiger partial charge in [0.25, 0.3) is 0 Å². The molecule has 1 saturated heterocycles. The van der Waals surface area contributed by atoms with Gasteiger partial charge in [-0.05, 0) is 48.3 Å². The molecule has 10 nitrogen and oxygen atoms in total. The van der Waals surface area contributed by atoms with Gasteiger partial charge in [-0.25, -0.2) is 9.78 Å². The minimum Gasteiger partial charge on any atom is -0.444 e. The molecule has 1 aliphatic heterocycles. The number of nitrogens with zero attached hydrogens (tertiary/aromatic N) is 4. The van der Waals surface area contributed by atoms with E-state index in [2.05, 4.69) is 46.4 Å². The first-order valence-electron chi connectivity index (χ1n) is 12.0. The highest BCUT2D eigenvalue weighted by Gasteiger charge is 2.25. The summed E-state index contributed by atoms with van der Waals surface area (Å²) in [5.41, 5.74) is 3.33. The van der Waals surface area contributed by atoms with Gasteiger partial charge in [0.05, 0.1) is 21.2 Å². The number of nitrogens with one attached hydrogen (secondary N) is 3. The number of halogens is 1. The average molecular weight is 558 g/mol. The van der Waals surface area contributed by atoms with E-state index in [0.717, 1.165) is 32.4 Å². The molecule has 0 atom stereocenters. The molecule has 0 bridgehead atoms. The maximum Gasteiger partial charge on any atom is 0.407 e. The maximum atomic E-state index is 12.7. The number of amides is 2. The third kappa shape index (κ3) is 6.45. The minimum atomic E-state index is -0.565. The molecule has 0 saturated carbocycles. The summed E-state index contributed by atoms with van der Waals surface area (Å²) in [5, 5.41) is 7.16. The standard InChI is InChI=1S/C25H32BrN7O3/c1-25(2,3)36-24(35)28-8-6-20(34)32-9-11-33(12-10-32)22-18(26)15-30-23-21(22)19(16-31-23)29-14-17-5-4-7-27-13-17/h4-5,7,13,15-16,29H,6,8-12,14H2,1-3H3,(H,28,35)(H,30,31). The second-order valence-corrected chi connectivity index (χ2v) is 10.5. The van der Waals surface area contributed by atoms with E-state index in [1.807, 2.05) is 29.4 Å². The number of hydrogen-bond acceptors (Lipinski definition) is 7. The smallest absolute Gasteiger partial charge is 0.407 e. The van der Waals surface area contributed by atoms with Gasteiger partial charge in [0.1, 0.15) is 11.2 Å². The zero-order chi connectivity index (χ0) is 25.7. The second kappa shape index (κ2) is 11.2. The Kier molecular flexibility index (Phi) is 7.97. The van der Waals surface area contributed by atoms with Crippen LogP contribution in [-0.2, 0) is 16.1 Å². The van der Waals surface area contributed by atoms with Gasteiger partial charge < -0.3 is 30.2 Å². The van der Waals surface area contributed by atoms with Crippen molar-refractivity contribution in [2.75, 3.05) is 42.9 Å². The summed E-state index contributed by atoms with van der Waals surface area (Å²) in [4.78, 5) is 40.6. The topological polar surface area (TPSA) is 115 Å². The van der Waals surface area contributed by atoms with Crippen molar-refractivity contribution in [2.45, 2.75) is 39.3 Å². The highest BCUT2D eigenvalue weighted by atomic mass is 79.9. The van der Waals surface area contributed by atoms with Crippen LogP contribution in [0.3, 0.4) is 0 Å². The van der Waals surface area contributed by atoms with Gasteiger partial charge in [-0.15, -0.1) is 0 Å². The van der Waals surface area contributed by atoms with E-state index < -0.39 is 11.7 Å². The third-order valence-corrected chi connectivity index (χ3v) is 6.37. The molecule has 36 heavy (non-hydrogen) atoms. The first kappa shape index (κ1) is 25.7. The molecule has 3 N–H and O–H groups in total. The molecule has 2 amide bonds. The molecule has 0 radical (unpaired) electrons. The van der Waals surface area contributed by atoms with Gasteiger partial charge in [0.2, 0.25) is 5.91 Å². The second-order valence-electron chi connectivity index (χ2n) is 9.64. The Labute approximate surface area is 218 Å². The molecule has 0 unspecified atom stereocenters. The summed E-state index contributed by atoms with van der Waals surface area (Å²) in [6, 6.07) is 3.95. The predicted molar refractivity (Wildman–Crippen MR) is 143 cm³/mol. The average Bonchev–Trinajstić information content (AvgIpc) is 3.25. The van der Waals surface area contributed by atoms with Crippen LogP contribution in [0.1, 0.15) is 32.8 Å². The number of H-pyrrole nitrogens is 1. The van der Waals surface area contributed by atoms with E-state index in [1.54, 1.807) is 33.2 Å². The molecular weight excluding hydrogens is 526 g/mol. The van der Waals surface area contributed by atoms with Crippen molar-refractivity contribution < 1.29 is 14.3 Å². The fourth-order valence-electron chi connectivity index (χ4n) is 4.13. The van der Waals surface area contributed by atoms with Crippen molar-refractivity contribution >= 4 is 50.3 Å². The molecule has 3 aromatic rings. The molecule has 1 aliphatic rings. The molecule has 0 spiro atoms. The summed E-state index contributed by atoms with van der Waals surface area (Å²) in [7, 11) is 0. The first-order chi connectivity index (χ1) is 17.2. The number of piperazine rings is 1. The third-order valence-electron chi connectivity index (χ3n) is 5.79. The van der Waals surface area contributed by atoms with E-state index in [9.17, 15) is 9.59 Å². The number of aromatic amines is 1. The summed E-state index contributed by atoms with van der Waals surface area (Å²) >= 11 is 3.69. The molecule has 0 aliphatic carbocycles. The van der Waals surface area contributed by atoms with E-state index in [0.29, 0.717) is 32.7 Å². The molecule has 1 fully saturated rings. The fourth-order valence-corrected chi connectivity index (χ4v) is 4.68. The van der Waals surface area contributed by atoms with E-state index in [1.165, 1.54) is 0 Å². The molecule has 0 aromatic carbocycles.